The highest BCUT2D eigenvalue weighted by molar-refractivity contribution is 7.88. The standard InChI is InChI=1S/C18H25ClN2O5S/c1-4-26-18-15(19)11-13(12-16(18)25-2)5-6-17(22)20-14-7-9-21(10-8-14)27(3,23)24/h5-6,11-12,14H,4,7-10H2,1-3H3,(H,20,22)/b6-5+. The van der Waals surface area contributed by atoms with Crippen LogP contribution in [0.4, 0.5) is 0 Å². The van der Waals surface area contributed by atoms with Gasteiger partial charge in [-0.15, -0.1) is 0 Å². The number of methoxy groups -OCH3 is 1. The number of sulfonamides is 1. The predicted molar refractivity (Wildman–Crippen MR) is 106 cm³/mol. The third-order valence-corrected chi connectivity index (χ3v) is 5.82. The van der Waals surface area contributed by atoms with Gasteiger partial charge in [-0.1, -0.05) is 11.6 Å². The third kappa shape index (κ3) is 6.12. The fourth-order valence-corrected chi connectivity index (χ4v) is 4.02. The van der Waals surface area contributed by atoms with E-state index < -0.39 is 10.0 Å². The van der Waals surface area contributed by atoms with Crippen LogP contribution in [0.5, 0.6) is 11.5 Å². The SMILES string of the molecule is CCOc1c(Cl)cc(/C=C/C(=O)NC2CCN(S(C)(=O)=O)CC2)cc1OC. The van der Waals surface area contributed by atoms with Crippen LogP contribution in [0.1, 0.15) is 25.3 Å². The molecule has 1 heterocycles. The first-order valence-electron chi connectivity index (χ1n) is 8.68. The molecule has 150 valence electrons. The maximum Gasteiger partial charge on any atom is 0.244 e. The Hall–Kier alpha value is -1.77. The molecule has 0 atom stereocenters. The number of ether oxygens (including phenoxy) is 2. The van der Waals surface area contributed by atoms with Crippen molar-refractivity contribution < 1.29 is 22.7 Å². The summed E-state index contributed by atoms with van der Waals surface area (Å²) in [5.74, 6) is 0.732. The highest BCUT2D eigenvalue weighted by Gasteiger charge is 2.25. The van der Waals surface area contributed by atoms with Gasteiger partial charge in [0.15, 0.2) is 11.5 Å². The Kier molecular flexibility index (Phi) is 7.52. The predicted octanol–water partition coefficient (Wildman–Crippen LogP) is 2.30. The number of amides is 1. The van der Waals surface area contributed by atoms with Crippen LogP contribution in [0.15, 0.2) is 18.2 Å². The lowest BCUT2D eigenvalue weighted by Gasteiger charge is -2.30. The van der Waals surface area contributed by atoms with Gasteiger partial charge in [-0.25, -0.2) is 12.7 Å². The molecule has 1 amide bonds. The number of piperidine rings is 1. The Morgan fingerprint density at radius 2 is 2.04 bits per heavy atom. The van der Waals surface area contributed by atoms with Gasteiger partial charge in [0.1, 0.15) is 0 Å². The smallest absolute Gasteiger partial charge is 0.244 e. The van der Waals surface area contributed by atoms with Crippen molar-refractivity contribution in [2.45, 2.75) is 25.8 Å². The van der Waals surface area contributed by atoms with Crippen molar-refractivity contribution in [1.82, 2.24) is 9.62 Å². The van der Waals surface area contributed by atoms with E-state index in [-0.39, 0.29) is 11.9 Å². The van der Waals surface area contributed by atoms with Gasteiger partial charge in [0.25, 0.3) is 0 Å². The third-order valence-electron chi connectivity index (χ3n) is 4.24. The first kappa shape index (κ1) is 21.5. The Morgan fingerprint density at radius 1 is 1.37 bits per heavy atom. The average molecular weight is 417 g/mol. The van der Waals surface area contributed by atoms with E-state index in [0.717, 1.165) is 0 Å². The maximum atomic E-state index is 12.2. The lowest BCUT2D eigenvalue weighted by Crippen LogP contribution is -2.45. The van der Waals surface area contributed by atoms with E-state index in [9.17, 15) is 13.2 Å². The van der Waals surface area contributed by atoms with E-state index in [2.05, 4.69) is 5.32 Å². The second-order valence-corrected chi connectivity index (χ2v) is 8.63. The normalized spacial score (nSPS) is 16.4. The van der Waals surface area contributed by atoms with Crippen molar-refractivity contribution in [3.63, 3.8) is 0 Å². The zero-order valence-electron chi connectivity index (χ0n) is 15.7. The van der Waals surface area contributed by atoms with Crippen molar-refractivity contribution in [2.75, 3.05) is 33.1 Å². The number of hydrogen-bond acceptors (Lipinski definition) is 5. The molecule has 1 aliphatic heterocycles. The molecule has 9 heteroatoms. The molecule has 0 aliphatic carbocycles. The number of carbonyl (C=O) groups excluding carboxylic acids is 1. The minimum atomic E-state index is -3.17. The summed E-state index contributed by atoms with van der Waals surface area (Å²) in [5, 5.41) is 3.31. The highest BCUT2D eigenvalue weighted by Crippen LogP contribution is 2.36. The molecule has 0 aromatic heterocycles. The van der Waals surface area contributed by atoms with Gasteiger partial charge in [-0.2, -0.15) is 0 Å². The van der Waals surface area contributed by atoms with Gasteiger partial charge in [0, 0.05) is 25.2 Å². The van der Waals surface area contributed by atoms with E-state index in [0.29, 0.717) is 54.6 Å². The summed E-state index contributed by atoms with van der Waals surface area (Å²) in [4.78, 5) is 12.2. The van der Waals surface area contributed by atoms with E-state index >= 15 is 0 Å². The Bertz CT molecular complexity index is 802. The quantitative estimate of drug-likeness (QED) is 0.689. The first-order chi connectivity index (χ1) is 12.7. The summed E-state index contributed by atoms with van der Waals surface area (Å²) >= 11 is 6.22. The Balaban J connectivity index is 1.96. The Labute approximate surface area is 165 Å². The summed E-state index contributed by atoms with van der Waals surface area (Å²) < 4.78 is 35.2. The van der Waals surface area contributed by atoms with Crippen molar-refractivity contribution in [3.05, 3.63) is 28.8 Å². The summed E-state index contributed by atoms with van der Waals surface area (Å²) in [6.07, 6.45) is 5.45. The van der Waals surface area contributed by atoms with Gasteiger partial charge >= 0.3 is 0 Å². The van der Waals surface area contributed by atoms with Crippen molar-refractivity contribution in [2.24, 2.45) is 0 Å². The highest BCUT2D eigenvalue weighted by atomic mass is 35.5. The molecule has 1 saturated heterocycles. The molecule has 0 bridgehead atoms. The zero-order chi connectivity index (χ0) is 20.0. The summed E-state index contributed by atoms with van der Waals surface area (Å²) in [5.41, 5.74) is 0.711. The van der Waals surface area contributed by atoms with Crippen molar-refractivity contribution in [3.8, 4) is 11.5 Å². The Morgan fingerprint density at radius 3 is 2.59 bits per heavy atom. The number of benzene rings is 1. The number of nitrogens with one attached hydrogen (secondary N) is 1. The topological polar surface area (TPSA) is 84.9 Å². The fourth-order valence-electron chi connectivity index (χ4n) is 2.87. The van der Waals surface area contributed by atoms with Crippen LogP contribution < -0.4 is 14.8 Å². The van der Waals surface area contributed by atoms with E-state index in [1.165, 1.54) is 23.7 Å². The van der Waals surface area contributed by atoms with Crippen LogP contribution in [0, 0.1) is 0 Å². The van der Waals surface area contributed by atoms with E-state index in [1.54, 1.807) is 18.2 Å². The molecule has 7 nitrogen and oxygen atoms in total. The van der Waals surface area contributed by atoms with Crippen LogP contribution in [0.25, 0.3) is 6.08 Å². The van der Waals surface area contributed by atoms with Crippen LogP contribution in [-0.4, -0.2) is 57.7 Å². The number of carbonyl (C=O) groups is 1. The molecule has 1 aromatic carbocycles. The summed E-state index contributed by atoms with van der Waals surface area (Å²) in [6.45, 7) is 3.15. The van der Waals surface area contributed by atoms with Crippen LogP contribution in [0.2, 0.25) is 5.02 Å². The molecule has 1 aliphatic rings. The minimum Gasteiger partial charge on any atom is -0.493 e. The summed E-state index contributed by atoms with van der Waals surface area (Å²) in [7, 11) is -1.65. The minimum absolute atomic E-state index is 0.0430. The molecule has 1 N–H and O–H groups in total. The second-order valence-electron chi connectivity index (χ2n) is 6.25. The average Bonchev–Trinajstić information content (AvgIpc) is 2.61. The molecule has 0 unspecified atom stereocenters. The van der Waals surface area contributed by atoms with E-state index in [1.807, 2.05) is 6.92 Å². The van der Waals surface area contributed by atoms with Gasteiger partial charge in [-0.05, 0) is 43.5 Å². The molecule has 0 radical (unpaired) electrons. The lowest BCUT2D eigenvalue weighted by atomic mass is 10.1. The van der Waals surface area contributed by atoms with E-state index in [4.69, 9.17) is 21.1 Å². The zero-order valence-corrected chi connectivity index (χ0v) is 17.3. The van der Waals surface area contributed by atoms with Crippen LogP contribution in [0.3, 0.4) is 0 Å². The number of halogens is 1. The largest absolute Gasteiger partial charge is 0.493 e. The molecule has 1 fully saturated rings. The number of rotatable bonds is 7. The number of nitrogens with zero attached hydrogens (tertiary/aromatic N) is 1. The summed E-state index contributed by atoms with van der Waals surface area (Å²) in [6, 6.07) is 3.40. The molecule has 2 rings (SSSR count). The molecular formula is C18H25ClN2O5S. The van der Waals surface area contributed by atoms with Crippen molar-refractivity contribution >= 4 is 33.6 Å². The second kappa shape index (κ2) is 9.43. The number of hydrogen-bond donors (Lipinski definition) is 1. The first-order valence-corrected chi connectivity index (χ1v) is 10.9. The lowest BCUT2D eigenvalue weighted by molar-refractivity contribution is -0.117. The van der Waals surface area contributed by atoms with Crippen LogP contribution >= 0.6 is 11.6 Å². The van der Waals surface area contributed by atoms with Gasteiger partial charge in [0.05, 0.1) is 25.0 Å². The van der Waals surface area contributed by atoms with Gasteiger partial charge in [-0.3, -0.25) is 4.79 Å². The monoisotopic (exact) mass is 416 g/mol. The van der Waals surface area contributed by atoms with Crippen molar-refractivity contribution in [1.29, 1.82) is 0 Å². The van der Waals surface area contributed by atoms with Gasteiger partial charge in [0.2, 0.25) is 15.9 Å². The molecule has 1 aromatic rings. The fraction of sp³-hybridized carbons (Fsp3) is 0.500. The molecular weight excluding hydrogens is 392 g/mol. The molecule has 27 heavy (non-hydrogen) atoms. The van der Waals surface area contributed by atoms with Gasteiger partial charge < -0.3 is 14.8 Å². The molecule has 0 spiro atoms. The van der Waals surface area contributed by atoms with Crippen LogP contribution in [-0.2, 0) is 14.8 Å². The maximum absolute atomic E-state index is 12.2. The molecule has 0 saturated carbocycles.